The molecule has 3 N–H and O–H groups in total. The van der Waals surface area contributed by atoms with Crippen molar-refractivity contribution >= 4 is 22.3 Å². The van der Waals surface area contributed by atoms with Crippen LogP contribution in [0.25, 0.3) is 11.3 Å². The van der Waals surface area contributed by atoms with E-state index in [1.165, 1.54) is 23.0 Å². The normalized spacial score (nSPS) is 12.3. The number of rotatable bonds is 7. The zero-order chi connectivity index (χ0) is 17.9. The van der Waals surface area contributed by atoms with E-state index in [9.17, 15) is 9.59 Å². The molecule has 0 unspecified atom stereocenters. The first-order valence-electron chi connectivity index (χ1n) is 7.71. The Labute approximate surface area is 143 Å². The van der Waals surface area contributed by atoms with Crippen LogP contribution in [0, 0.1) is 0 Å². The van der Waals surface area contributed by atoms with Crippen LogP contribution in [-0.4, -0.2) is 33.9 Å². The Kier molecular flexibility index (Phi) is 5.79. The van der Waals surface area contributed by atoms with E-state index in [0.717, 1.165) is 11.0 Å². The van der Waals surface area contributed by atoms with Crippen LogP contribution in [0.15, 0.2) is 15.0 Å². The van der Waals surface area contributed by atoms with Gasteiger partial charge >= 0.3 is 5.69 Å². The van der Waals surface area contributed by atoms with E-state index in [0.29, 0.717) is 24.0 Å². The minimum absolute atomic E-state index is 0.0863. The Bertz CT molecular complexity index is 823. The quantitative estimate of drug-likeness (QED) is 0.773. The lowest BCUT2D eigenvalue weighted by Gasteiger charge is -2.13. The molecule has 9 heteroatoms. The third kappa shape index (κ3) is 3.51. The molecule has 0 amide bonds. The van der Waals surface area contributed by atoms with Crippen molar-refractivity contribution in [2.75, 3.05) is 24.8 Å². The van der Waals surface area contributed by atoms with Crippen molar-refractivity contribution in [1.82, 2.24) is 14.1 Å². The molecule has 0 aromatic carbocycles. The highest BCUT2D eigenvalue weighted by molar-refractivity contribution is 7.14. The monoisotopic (exact) mass is 353 g/mol. The number of methoxy groups -OCH3 is 1. The van der Waals surface area contributed by atoms with Gasteiger partial charge in [-0.2, -0.15) is 0 Å². The molecule has 24 heavy (non-hydrogen) atoms. The SMILES string of the molecule is CCCn1c(N)c(-c2csc(N[C@@H](C)COC)n2)c(=O)n(C)c1=O. The van der Waals surface area contributed by atoms with Crippen molar-refractivity contribution in [3.8, 4) is 11.3 Å². The van der Waals surface area contributed by atoms with Crippen LogP contribution < -0.4 is 22.3 Å². The summed E-state index contributed by atoms with van der Waals surface area (Å²) in [4.78, 5) is 29.1. The van der Waals surface area contributed by atoms with Gasteiger partial charge in [0, 0.05) is 32.1 Å². The van der Waals surface area contributed by atoms with Gasteiger partial charge in [-0.3, -0.25) is 13.9 Å². The number of anilines is 2. The van der Waals surface area contributed by atoms with Crippen molar-refractivity contribution in [2.45, 2.75) is 32.9 Å². The molecule has 0 saturated heterocycles. The molecule has 2 heterocycles. The van der Waals surface area contributed by atoms with Crippen molar-refractivity contribution in [1.29, 1.82) is 0 Å². The first kappa shape index (κ1) is 18.2. The van der Waals surface area contributed by atoms with Gasteiger partial charge in [0.1, 0.15) is 11.4 Å². The summed E-state index contributed by atoms with van der Waals surface area (Å²) in [5, 5.41) is 5.63. The maximum absolute atomic E-state index is 12.5. The summed E-state index contributed by atoms with van der Waals surface area (Å²) >= 11 is 1.38. The molecule has 0 aliphatic rings. The third-order valence-corrected chi connectivity index (χ3v) is 4.35. The van der Waals surface area contributed by atoms with E-state index in [-0.39, 0.29) is 17.4 Å². The molecule has 2 aromatic rings. The van der Waals surface area contributed by atoms with E-state index in [2.05, 4.69) is 10.3 Å². The Morgan fingerprint density at radius 2 is 2.17 bits per heavy atom. The second kappa shape index (κ2) is 7.63. The van der Waals surface area contributed by atoms with Crippen LogP contribution in [0.3, 0.4) is 0 Å². The Balaban J connectivity index is 2.48. The molecule has 2 rings (SSSR count). The predicted molar refractivity (Wildman–Crippen MR) is 96.7 cm³/mol. The van der Waals surface area contributed by atoms with Gasteiger partial charge in [0.25, 0.3) is 5.56 Å². The lowest BCUT2D eigenvalue weighted by Crippen LogP contribution is -2.40. The molecule has 0 spiro atoms. The number of ether oxygens (including phenoxy) is 1. The van der Waals surface area contributed by atoms with Gasteiger partial charge in [-0.15, -0.1) is 11.3 Å². The minimum atomic E-state index is -0.438. The van der Waals surface area contributed by atoms with E-state index < -0.39 is 11.2 Å². The van der Waals surface area contributed by atoms with Gasteiger partial charge in [0.2, 0.25) is 0 Å². The summed E-state index contributed by atoms with van der Waals surface area (Å²) in [6.07, 6.45) is 0.736. The zero-order valence-electron chi connectivity index (χ0n) is 14.3. The highest BCUT2D eigenvalue weighted by atomic mass is 32.1. The average molecular weight is 353 g/mol. The topological polar surface area (TPSA) is 104 Å². The maximum Gasteiger partial charge on any atom is 0.332 e. The highest BCUT2D eigenvalue weighted by Gasteiger charge is 2.19. The van der Waals surface area contributed by atoms with Gasteiger partial charge < -0.3 is 15.8 Å². The van der Waals surface area contributed by atoms with Gasteiger partial charge in [0.05, 0.1) is 12.3 Å². The molecule has 0 aliphatic heterocycles. The Morgan fingerprint density at radius 3 is 2.79 bits per heavy atom. The van der Waals surface area contributed by atoms with Crippen LogP contribution in [-0.2, 0) is 18.3 Å². The van der Waals surface area contributed by atoms with E-state index in [1.807, 2.05) is 13.8 Å². The van der Waals surface area contributed by atoms with E-state index >= 15 is 0 Å². The van der Waals surface area contributed by atoms with Gasteiger partial charge in [-0.1, -0.05) is 6.92 Å². The number of thiazole rings is 1. The van der Waals surface area contributed by atoms with E-state index in [1.54, 1.807) is 12.5 Å². The molecule has 0 fully saturated rings. The number of nitrogens with two attached hydrogens (primary N) is 1. The van der Waals surface area contributed by atoms with Crippen molar-refractivity contribution in [2.24, 2.45) is 7.05 Å². The second-order valence-corrected chi connectivity index (χ2v) is 6.46. The average Bonchev–Trinajstić information content (AvgIpc) is 2.98. The van der Waals surface area contributed by atoms with Crippen molar-refractivity contribution < 1.29 is 4.74 Å². The molecular formula is C15H23N5O3S. The first-order valence-corrected chi connectivity index (χ1v) is 8.59. The summed E-state index contributed by atoms with van der Waals surface area (Å²) in [6, 6.07) is 0.0863. The lowest BCUT2D eigenvalue weighted by molar-refractivity contribution is 0.190. The minimum Gasteiger partial charge on any atom is -0.384 e. The molecule has 1 atom stereocenters. The molecule has 0 radical (unpaired) electrons. The van der Waals surface area contributed by atoms with Crippen LogP contribution in [0.5, 0.6) is 0 Å². The van der Waals surface area contributed by atoms with Crippen molar-refractivity contribution in [3.63, 3.8) is 0 Å². The number of hydrogen-bond donors (Lipinski definition) is 2. The smallest absolute Gasteiger partial charge is 0.332 e. The van der Waals surface area contributed by atoms with Crippen LogP contribution >= 0.6 is 11.3 Å². The van der Waals surface area contributed by atoms with E-state index in [4.69, 9.17) is 10.5 Å². The van der Waals surface area contributed by atoms with Crippen LogP contribution in [0.4, 0.5) is 10.9 Å². The van der Waals surface area contributed by atoms with Crippen LogP contribution in [0.1, 0.15) is 20.3 Å². The number of hydrogen-bond acceptors (Lipinski definition) is 7. The number of nitrogen functional groups attached to an aromatic ring is 1. The Morgan fingerprint density at radius 1 is 1.46 bits per heavy atom. The number of nitrogens with one attached hydrogen (secondary N) is 1. The van der Waals surface area contributed by atoms with Gasteiger partial charge in [-0.25, -0.2) is 9.78 Å². The number of aromatic nitrogens is 3. The molecular weight excluding hydrogens is 330 g/mol. The standard InChI is InChI=1S/C15H23N5O3S/c1-5-6-20-12(16)11(13(21)19(3)15(20)22)10-8-24-14(18-10)17-9(2)7-23-4/h8-9H,5-7,16H2,1-4H3,(H,17,18)/t9-/m0/s1. The fourth-order valence-corrected chi connectivity index (χ4v) is 3.24. The number of nitrogens with zero attached hydrogens (tertiary/aromatic N) is 3. The molecule has 8 nitrogen and oxygen atoms in total. The summed E-state index contributed by atoms with van der Waals surface area (Å²) in [5.41, 5.74) is 5.98. The second-order valence-electron chi connectivity index (χ2n) is 5.60. The summed E-state index contributed by atoms with van der Waals surface area (Å²) in [5.74, 6) is 0.159. The fourth-order valence-electron chi connectivity index (χ4n) is 2.42. The molecule has 132 valence electrons. The first-order chi connectivity index (χ1) is 11.4. The van der Waals surface area contributed by atoms with Gasteiger partial charge in [-0.05, 0) is 13.3 Å². The molecule has 0 aliphatic carbocycles. The third-order valence-electron chi connectivity index (χ3n) is 3.58. The van der Waals surface area contributed by atoms with Crippen LogP contribution in [0.2, 0.25) is 0 Å². The summed E-state index contributed by atoms with van der Waals surface area (Å²) in [7, 11) is 3.08. The summed E-state index contributed by atoms with van der Waals surface area (Å²) in [6.45, 7) is 4.91. The molecule has 0 saturated carbocycles. The largest absolute Gasteiger partial charge is 0.384 e. The zero-order valence-corrected chi connectivity index (χ0v) is 15.1. The molecule has 0 bridgehead atoms. The van der Waals surface area contributed by atoms with Gasteiger partial charge in [0.15, 0.2) is 5.13 Å². The predicted octanol–water partition coefficient (Wildman–Crippen LogP) is 1.11. The maximum atomic E-state index is 12.5. The van der Waals surface area contributed by atoms with Crippen molar-refractivity contribution in [3.05, 3.63) is 26.2 Å². The highest BCUT2D eigenvalue weighted by Crippen LogP contribution is 2.26. The summed E-state index contributed by atoms with van der Waals surface area (Å²) < 4.78 is 7.56. The Hall–Kier alpha value is -2.13. The molecule has 2 aromatic heterocycles. The lowest BCUT2D eigenvalue weighted by atomic mass is 10.2. The fraction of sp³-hybridized carbons (Fsp3) is 0.533.